The number of para-hydroxylation sites is 3. The summed E-state index contributed by atoms with van der Waals surface area (Å²) in [6.07, 6.45) is 1.94. The van der Waals surface area contributed by atoms with Gasteiger partial charge in [0.25, 0.3) is 5.91 Å². The van der Waals surface area contributed by atoms with E-state index in [-0.39, 0.29) is 11.8 Å². The highest BCUT2D eigenvalue weighted by Crippen LogP contribution is 2.31. The number of aromatic nitrogens is 2. The number of aromatic amines is 1. The summed E-state index contributed by atoms with van der Waals surface area (Å²) < 4.78 is 17.4. The SMILES string of the molecule is CCOc1cc(C(=O)N2CCCC(c3nc4ccccc4[nH]3)C2)ccc1OCCOc1ccccc1. The van der Waals surface area contributed by atoms with Gasteiger partial charge in [-0.15, -0.1) is 0 Å². The number of benzene rings is 3. The number of hydrogen-bond donors (Lipinski definition) is 1. The molecule has 4 aromatic rings. The van der Waals surface area contributed by atoms with Crippen molar-refractivity contribution in [2.45, 2.75) is 25.7 Å². The highest BCUT2D eigenvalue weighted by Gasteiger charge is 2.28. The molecule has 1 saturated heterocycles. The summed E-state index contributed by atoms with van der Waals surface area (Å²) in [5, 5.41) is 0. The van der Waals surface area contributed by atoms with E-state index >= 15 is 0 Å². The summed E-state index contributed by atoms with van der Waals surface area (Å²) in [4.78, 5) is 23.5. The predicted molar refractivity (Wildman–Crippen MR) is 139 cm³/mol. The van der Waals surface area contributed by atoms with Crippen molar-refractivity contribution in [2.75, 3.05) is 32.9 Å². The highest BCUT2D eigenvalue weighted by molar-refractivity contribution is 5.95. The van der Waals surface area contributed by atoms with E-state index in [9.17, 15) is 4.79 Å². The second kappa shape index (κ2) is 11.2. The Labute approximate surface area is 211 Å². The Morgan fingerprint density at radius 3 is 2.61 bits per heavy atom. The molecule has 1 fully saturated rings. The Hall–Kier alpha value is -4.00. The van der Waals surface area contributed by atoms with E-state index < -0.39 is 0 Å². The van der Waals surface area contributed by atoms with Crippen LogP contribution in [0, 0.1) is 0 Å². The monoisotopic (exact) mass is 485 g/mol. The molecule has 36 heavy (non-hydrogen) atoms. The van der Waals surface area contributed by atoms with Crippen LogP contribution in [0.25, 0.3) is 11.0 Å². The molecule has 1 aromatic heterocycles. The lowest BCUT2D eigenvalue weighted by atomic mass is 9.96. The quantitative estimate of drug-likeness (QED) is 0.320. The minimum Gasteiger partial charge on any atom is -0.490 e. The largest absolute Gasteiger partial charge is 0.490 e. The van der Waals surface area contributed by atoms with E-state index in [0.717, 1.165) is 42.0 Å². The van der Waals surface area contributed by atoms with Crippen molar-refractivity contribution in [1.29, 1.82) is 0 Å². The molecule has 5 rings (SSSR count). The van der Waals surface area contributed by atoms with Gasteiger partial charge < -0.3 is 24.1 Å². The van der Waals surface area contributed by atoms with Crippen LogP contribution in [0.5, 0.6) is 17.2 Å². The number of ether oxygens (including phenoxy) is 3. The Morgan fingerprint density at radius 1 is 0.972 bits per heavy atom. The lowest BCUT2D eigenvalue weighted by molar-refractivity contribution is 0.0704. The van der Waals surface area contributed by atoms with Gasteiger partial charge in [-0.05, 0) is 62.2 Å². The third-order valence-electron chi connectivity index (χ3n) is 6.35. The molecule has 1 unspecified atom stereocenters. The number of carbonyl (C=O) groups excluding carboxylic acids is 1. The second-order valence-corrected chi connectivity index (χ2v) is 8.83. The molecule has 0 radical (unpaired) electrons. The van der Waals surface area contributed by atoms with Gasteiger partial charge in [0, 0.05) is 24.6 Å². The van der Waals surface area contributed by atoms with E-state index in [1.807, 2.05) is 72.5 Å². The van der Waals surface area contributed by atoms with E-state index in [0.29, 0.717) is 43.4 Å². The van der Waals surface area contributed by atoms with E-state index in [1.165, 1.54) is 0 Å². The van der Waals surface area contributed by atoms with Crippen LogP contribution in [-0.2, 0) is 0 Å². The standard InChI is InChI=1S/C29H31N3O4/c1-2-34-27-19-21(14-15-26(27)36-18-17-35-23-10-4-3-5-11-23)29(33)32-16-8-9-22(20-32)28-30-24-12-6-7-13-25(24)31-28/h3-7,10-15,19,22H,2,8-9,16-18,20H2,1H3,(H,30,31). The van der Waals surface area contributed by atoms with Gasteiger partial charge in [0.15, 0.2) is 11.5 Å². The number of hydrogen-bond acceptors (Lipinski definition) is 5. The molecule has 2 heterocycles. The molecule has 1 N–H and O–H groups in total. The Balaban J connectivity index is 1.23. The zero-order valence-corrected chi connectivity index (χ0v) is 20.5. The van der Waals surface area contributed by atoms with Gasteiger partial charge in [-0.3, -0.25) is 4.79 Å². The van der Waals surface area contributed by atoms with Crippen molar-refractivity contribution in [3.8, 4) is 17.2 Å². The van der Waals surface area contributed by atoms with Gasteiger partial charge in [0.05, 0.1) is 17.6 Å². The molecule has 0 aliphatic carbocycles. The summed E-state index contributed by atoms with van der Waals surface area (Å²) >= 11 is 0. The molecule has 3 aromatic carbocycles. The van der Waals surface area contributed by atoms with Crippen molar-refractivity contribution >= 4 is 16.9 Å². The average molecular weight is 486 g/mol. The summed E-state index contributed by atoms with van der Waals surface area (Å²) in [7, 11) is 0. The first-order valence-corrected chi connectivity index (χ1v) is 12.5. The molecular formula is C29H31N3O4. The molecule has 186 valence electrons. The number of nitrogens with zero attached hydrogens (tertiary/aromatic N) is 2. The maximum Gasteiger partial charge on any atom is 0.254 e. The molecule has 1 aliphatic rings. The van der Waals surface area contributed by atoms with Gasteiger partial charge in [-0.1, -0.05) is 30.3 Å². The Kier molecular flexibility index (Phi) is 7.36. The van der Waals surface area contributed by atoms with Crippen molar-refractivity contribution in [3.05, 3.63) is 84.2 Å². The van der Waals surface area contributed by atoms with E-state index in [1.54, 1.807) is 12.1 Å². The molecule has 7 heteroatoms. The number of rotatable bonds is 9. The summed E-state index contributed by atoms with van der Waals surface area (Å²) in [6, 6.07) is 23.1. The third-order valence-corrected chi connectivity index (χ3v) is 6.35. The lowest BCUT2D eigenvalue weighted by Crippen LogP contribution is -2.39. The summed E-state index contributed by atoms with van der Waals surface area (Å²) in [5.74, 6) is 3.10. The van der Waals surface area contributed by atoms with Crippen LogP contribution in [0.4, 0.5) is 0 Å². The maximum absolute atomic E-state index is 13.4. The predicted octanol–water partition coefficient (Wildman–Crippen LogP) is 5.44. The van der Waals surface area contributed by atoms with Crippen molar-refractivity contribution < 1.29 is 19.0 Å². The highest BCUT2D eigenvalue weighted by atomic mass is 16.5. The smallest absolute Gasteiger partial charge is 0.254 e. The molecule has 0 bridgehead atoms. The number of H-pyrrole nitrogens is 1. The van der Waals surface area contributed by atoms with Gasteiger partial charge >= 0.3 is 0 Å². The molecule has 1 amide bonds. The van der Waals surface area contributed by atoms with Crippen LogP contribution in [0.3, 0.4) is 0 Å². The van der Waals surface area contributed by atoms with Crippen LogP contribution < -0.4 is 14.2 Å². The van der Waals surface area contributed by atoms with Gasteiger partial charge in [-0.2, -0.15) is 0 Å². The number of amides is 1. The number of carbonyl (C=O) groups is 1. The maximum atomic E-state index is 13.4. The zero-order chi connectivity index (χ0) is 24.7. The van der Waals surface area contributed by atoms with E-state index in [4.69, 9.17) is 19.2 Å². The van der Waals surface area contributed by atoms with Crippen molar-refractivity contribution in [1.82, 2.24) is 14.9 Å². The molecular weight excluding hydrogens is 454 g/mol. The van der Waals surface area contributed by atoms with Gasteiger partial charge in [0.2, 0.25) is 0 Å². The fourth-order valence-corrected chi connectivity index (χ4v) is 4.59. The van der Waals surface area contributed by atoms with Crippen LogP contribution in [-0.4, -0.2) is 53.7 Å². The summed E-state index contributed by atoms with van der Waals surface area (Å²) in [6.45, 7) is 4.54. The Bertz CT molecular complexity index is 1270. The van der Waals surface area contributed by atoms with Gasteiger partial charge in [0.1, 0.15) is 24.8 Å². The first kappa shape index (κ1) is 23.7. The van der Waals surface area contributed by atoms with Crippen LogP contribution in [0.2, 0.25) is 0 Å². The number of fused-ring (bicyclic) bond motifs is 1. The first-order valence-electron chi connectivity index (χ1n) is 12.5. The lowest BCUT2D eigenvalue weighted by Gasteiger charge is -2.32. The van der Waals surface area contributed by atoms with Crippen molar-refractivity contribution in [2.24, 2.45) is 0 Å². The molecule has 1 atom stereocenters. The van der Waals surface area contributed by atoms with Crippen LogP contribution >= 0.6 is 0 Å². The fraction of sp³-hybridized carbons (Fsp3) is 0.310. The van der Waals surface area contributed by atoms with Gasteiger partial charge in [-0.25, -0.2) is 4.98 Å². The zero-order valence-electron chi connectivity index (χ0n) is 20.5. The fourth-order valence-electron chi connectivity index (χ4n) is 4.59. The minimum atomic E-state index is -0.00396. The second-order valence-electron chi connectivity index (χ2n) is 8.83. The summed E-state index contributed by atoms with van der Waals surface area (Å²) in [5.41, 5.74) is 2.58. The average Bonchev–Trinajstić information content (AvgIpc) is 3.37. The molecule has 1 aliphatic heterocycles. The Morgan fingerprint density at radius 2 is 1.78 bits per heavy atom. The molecule has 7 nitrogen and oxygen atoms in total. The first-order chi connectivity index (χ1) is 17.7. The molecule has 0 saturated carbocycles. The van der Waals surface area contributed by atoms with E-state index in [2.05, 4.69) is 4.98 Å². The topological polar surface area (TPSA) is 76.7 Å². The third kappa shape index (κ3) is 5.46. The number of imidazole rings is 1. The minimum absolute atomic E-state index is 0.00396. The number of piperidine rings is 1. The normalized spacial score (nSPS) is 15.6. The number of nitrogens with one attached hydrogen (secondary N) is 1. The number of likely N-dealkylation sites (tertiary alicyclic amines) is 1. The van der Waals surface area contributed by atoms with Crippen LogP contribution in [0.1, 0.15) is 41.9 Å². The van der Waals surface area contributed by atoms with Crippen molar-refractivity contribution in [3.63, 3.8) is 0 Å². The van der Waals surface area contributed by atoms with Crippen LogP contribution in [0.15, 0.2) is 72.8 Å². The molecule has 0 spiro atoms.